The van der Waals surface area contributed by atoms with Crippen LogP contribution in [0.3, 0.4) is 0 Å². The Morgan fingerprint density at radius 2 is 2.57 bits per heavy atom. The van der Waals surface area contributed by atoms with E-state index in [9.17, 15) is 4.79 Å². The molecule has 0 spiro atoms. The van der Waals surface area contributed by atoms with Crippen LogP contribution in [-0.2, 0) is 17.6 Å². The van der Waals surface area contributed by atoms with Crippen molar-refractivity contribution in [1.29, 1.82) is 0 Å². The second-order valence-electron chi connectivity index (χ2n) is 4.36. The summed E-state index contributed by atoms with van der Waals surface area (Å²) in [5, 5.41) is -0.175. The van der Waals surface area contributed by atoms with Gasteiger partial charge in [-0.3, -0.25) is 0 Å². The van der Waals surface area contributed by atoms with E-state index in [2.05, 4.69) is 4.74 Å². The number of aromatic nitrogens is 1. The highest BCUT2D eigenvalue weighted by atomic mass is 16.6. The molecule has 0 bridgehead atoms. The van der Waals surface area contributed by atoms with Crippen LogP contribution >= 0.6 is 0 Å². The highest BCUT2D eigenvalue weighted by molar-refractivity contribution is 5.84. The molecular weight excluding hydrogens is 266 g/mol. The number of alkyl carbamates (subject to hydrolysis) is 1. The van der Waals surface area contributed by atoms with E-state index in [4.69, 9.17) is 20.6 Å². The lowest BCUT2D eigenvalue weighted by Crippen LogP contribution is -2.28. The smallest absolute Gasteiger partial charge is 0.407 e. The molecule has 3 rings (SSSR count). The van der Waals surface area contributed by atoms with Gasteiger partial charge in [0.2, 0.25) is 0 Å². The number of rotatable bonds is 5. The molecule has 1 aromatic carbocycles. The SMILES string of the molecule is [2H]c1c(C[C@@]2([2H])COC(=O)N2[2H])c([2H])c2c(CC([2H])([2H])N(C([2H])([2H])[2H])C([2H])([2H])[2H])c([2H])n([2H])c2c1[2H]. The fourth-order valence-electron chi connectivity index (χ4n) is 1.93. The molecule has 1 amide bonds. The average Bonchev–Trinajstić information content (AvgIpc) is 3.09. The number of fused-ring (bicyclic) bond motifs is 1. The largest absolute Gasteiger partial charge is 0.447 e. The number of cyclic esters (lactones) is 1. The van der Waals surface area contributed by atoms with Gasteiger partial charge in [-0.2, -0.15) is 0 Å². The number of benzene rings is 1. The Kier molecular flexibility index (Phi) is 1.30. The molecule has 2 N–H and O–H groups in total. The lowest BCUT2D eigenvalue weighted by molar-refractivity contribution is 0.177. The van der Waals surface area contributed by atoms with Crippen molar-refractivity contribution in [1.82, 2.24) is 15.2 Å². The summed E-state index contributed by atoms with van der Waals surface area (Å²) in [5.74, 6) is 0. The van der Waals surface area contributed by atoms with Crippen molar-refractivity contribution in [2.45, 2.75) is 18.9 Å². The molecule has 0 saturated carbocycles. The Hall–Kier alpha value is -2.01. The predicted molar refractivity (Wildman–Crippen MR) is 82.5 cm³/mol. The molecule has 5 heteroatoms. The number of likely N-dealkylation sites (N-methyl/N-ethyl adjacent to an activating group) is 1. The summed E-state index contributed by atoms with van der Waals surface area (Å²) in [6, 6.07) is -3.96. The molecule has 0 radical (unpaired) electrons. The van der Waals surface area contributed by atoms with E-state index < -0.39 is 87.4 Å². The first-order valence-corrected chi connectivity index (χ1v) is 6.03. The third-order valence-electron chi connectivity index (χ3n) is 2.86. The minimum atomic E-state index is -3.43. The second kappa shape index (κ2) is 5.77. The zero-order chi connectivity index (χ0) is 27.8. The molecule has 0 aliphatic carbocycles. The lowest BCUT2D eigenvalue weighted by atomic mass is 10.0. The van der Waals surface area contributed by atoms with E-state index in [1.807, 2.05) is 0 Å². The number of nitrogens with zero attached hydrogens (tertiary/aromatic N) is 1. The summed E-state index contributed by atoms with van der Waals surface area (Å²) < 4.78 is 124. The summed E-state index contributed by atoms with van der Waals surface area (Å²) >= 11 is 0. The molecule has 5 nitrogen and oxygen atoms in total. The number of hydrogen-bond donors (Lipinski definition) is 2. The van der Waals surface area contributed by atoms with Crippen molar-refractivity contribution in [3.8, 4) is 0 Å². The number of carbonyl (C=O) groups is 1. The first kappa shape index (κ1) is 4.74. The van der Waals surface area contributed by atoms with Crippen molar-refractivity contribution in [3.05, 3.63) is 35.4 Å². The Bertz CT molecular complexity index is 1210. The van der Waals surface area contributed by atoms with Crippen molar-refractivity contribution in [3.63, 3.8) is 0 Å². The van der Waals surface area contributed by atoms with Crippen LogP contribution in [0.5, 0.6) is 0 Å². The van der Waals surface area contributed by atoms with Gasteiger partial charge in [0, 0.05) is 34.5 Å². The highest BCUT2D eigenvalue weighted by Crippen LogP contribution is 2.21. The van der Waals surface area contributed by atoms with Gasteiger partial charge in [0.1, 0.15) is 6.61 Å². The minimum absolute atomic E-state index is 0.204. The standard InChI is InChI=1S/C16H21N3O2/c1-19(2)6-5-12-9-17-15-4-3-11(8-14(12)15)7-13-10-21-16(20)18-13/h3-4,8-9,13,17H,5-7,10H2,1-2H3,(H,18,20)/t13-/m0/s1/i1D3,2D3,3D,4D,6D2,8D,9D,13D/hD2. The molecule has 0 unspecified atom stereocenters. The van der Waals surface area contributed by atoms with Gasteiger partial charge in [0.25, 0.3) is 0 Å². The van der Waals surface area contributed by atoms with Crippen LogP contribution in [0, 0.1) is 0 Å². The van der Waals surface area contributed by atoms with Gasteiger partial charge in [-0.25, -0.2) is 4.79 Å². The van der Waals surface area contributed by atoms with Crippen LogP contribution in [-0.4, -0.2) is 49.0 Å². The lowest BCUT2D eigenvalue weighted by Gasteiger charge is -2.09. The summed E-state index contributed by atoms with van der Waals surface area (Å²) in [6.07, 6.45) is -3.60. The van der Waals surface area contributed by atoms with Gasteiger partial charge in [0.05, 0.1) is 12.9 Å². The van der Waals surface area contributed by atoms with Crippen molar-refractivity contribution in [2.24, 2.45) is 0 Å². The molecular formula is C16H21N3O2. The van der Waals surface area contributed by atoms with Gasteiger partial charge in [-0.05, 0) is 50.0 Å². The van der Waals surface area contributed by atoms with Crippen LogP contribution in [0.25, 0.3) is 10.9 Å². The summed E-state index contributed by atoms with van der Waals surface area (Å²) in [4.78, 5) is 11.6. The van der Waals surface area contributed by atoms with E-state index in [1.54, 1.807) is 0 Å². The third-order valence-corrected chi connectivity index (χ3v) is 2.86. The van der Waals surface area contributed by atoms with Gasteiger partial charge < -0.3 is 19.9 Å². The fraction of sp³-hybridized carbons (Fsp3) is 0.438. The zero-order valence-corrected chi connectivity index (χ0v) is 10.8. The van der Waals surface area contributed by atoms with Crippen molar-refractivity contribution >= 4 is 17.0 Å². The average molecular weight is 302 g/mol. The molecule has 1 aliphatic rings. The van der Waals surface area contributed by atoms with Gasteiger partial charge >= 0.3 is 6.09 Å². The fourth-order valence-corrected chi connectivity index (χ4v) is 1.93. The number of ether oxygens (including phenoxy) is 1. The predicted octanol–water partition coefficient (Wildman–Crippen LogP) is 1.92. The molecule has 1 aromatic heterocycles. The maximum atomic E-state index is 11.6. The first-order chi connectivity index (χ1) is 16.1. The van der Waals surface area contributed by atoms with E-state index in [-0.39, 0.29) is 21.2 Å². The molecule has 2 heterocycles. The second-order valence-corrected chi connectivity index (χ2v) is 4.36. The highest BCUT2D eigenvalue weighted by Gasteiger charge is 2.22. The number of carbonyl (C=O) groups excluding carboxylic acids is 1. The maximum Gasteiger partial charge on any atom is 0.407 e. The van der Waals surface area contributed by atoms with Crippen LogP contribution < -0.4 is 5.31 Å². The van der Waals surface area contributed by atoms with E-state index >= 15 is 0 Å². The Balaban J connectivity index is 2.24. The summed E-state index contributed by atoms with van der Waals surface area (Å²) in [5.41, 5.74) is -1.22. The summed E-state index contributed by atoms with van der Waals surface area (Å²) in [7, 11) is 0. The van der Waals surface area contributed by atoms with E-state index in [1.165, 1.54) is 0 Å². The maximum absolute atomic E-state index is 11.6. The molecule has 2 aromatic rings. The van der Waals surface area contributed by atoms with E-state index in [0.29, 0.717) is 4.98 Å². The molecule has 21 heavy (non-hydrogen) atoms. The monoisotopic (exact) mass is 302 g/mol. The van der Waals surface area contributed by atoms with Gasteiger partial charge in [-0.1, -0.05) is 6.04 Å². The molecule has 1 saturated heterocycles. The first-order valence-electron chi connectivity index (χ1n) is 13.4. The zero-order valence-electron chi connectivity index (χ0n) is 25.8. The Morgan fingerprint density at radius 1 is 1.67 bits per heavy atom. The number of hydrogen-bond acceptors (Lipinski definition) is 3. The molecule has 1 aliphatic heterocycles. The Labute approximate surface area is 145 Å². The number of amides is 1. The molecule has 1 atom stereocenters. The number of aryl methyl sites for hydroxylation is 1. The van der Waals surface area contributed by atoms with Crippen molar-refractivity contribution in [2.75, 3.05) is 27.1 Å². The third kappa shape index (κ3) is 3.19. The van der Waals surface area contributed by atoms with Crippen molar-refractivity contribution < 1.29 is 30.2 Å². The topological polar surface area (TPSA) is 57.4 Å². The normalized spacial score (nSPS) is 34.4. The quantitative estimate of drug-likeness (QED) is 0.887. The van der Waals surface area contributed by atoms with E-state index in [0.717, 1.165) is 0 Å². The van der Waals surface area contributed by atoms with Crippen LogP contribution in [0.1, 0.15) is 28.9 Å². The number of aromatic amines is 1. The van der Waals surface area contributed by atoms with Crippen LogP contribution in [0.4, 0.5) is 4.79 Å². The van der Waals surface area contributed by atoms with Crippen LogP contribution in [0.2, 0.25) is 2.82 Å². The van der Waals surface area contributed by atoms with Crippen LogP contribution in [0.15, 0.2) is 24.3 Å². The number of nitrogens with one attached hydrogen (secondary N) is 2. The number of H-pyrrole nitrogens is 1. The minimum Gasteiger partial charge on any atom is -0.447 e. The Morgan fingerprint density at radius 3 is 3.33 bits per heavy atom. The molecule has 1 fully saturated rings. The van der Waals surface area contributed by atoms with Gasteiger partial charge in [-0.15, -0.1) is 0 Å². The molecule has 112 valence electrons. The van der Waals surface area contributed by atoms with Gasteiger partial charge in [0.15, 0.2) is 2.82 Å². The summed E-state index contributed by atoms with van der Waals surface area (Å²) in [6.45, 7) is -10.6.